The molecule has 0 spiro atoms. The number of ether oxygens (including phenoxy) is 1. The molecule has 0 amide bonds. The van der Waals surface area contributed by atoms with Crippen molar-refractivity contribution in [1.29, 1.82) is 0 Å². The number of rotatable bonds is 3. The molecule has 1 aliphatic heterocycles. The highest BCUT2D eigenvalue weighted by Gasteiger charge is 2.26. The fraction of sp³-hybridized carbons (Fsp3) is 0.389. The van der Waals surface area contributed by atoms with Gasteiger partial charge < -0.3 is 9.64 Å². The molecule has 0 atom stereocenters. The summed E-state index contributed by atoms with van der Waals surface area (Å²) in [7, 11) is 1.61. The predicted molar refractivity (Wildman–Crippen MR) is 99.2 cm³/mol. The first-order chi connectivity index (χ1) is 13.2. The van der Waals surface area contributed by atoms with E-state index in [-0.39, 0.29) is 0 Å². The minimum atomic E-state index is 0.312. The summed E-state index contributed by atoms with van der Waals surface area (Å²) in [6, 6.07) is 7.72. The quantitative estimate of drug-likeness (QED) is 0.548. The molecule has 1 aliphatic rings. The molecule has 27 heavy (non-hydrogen) atoms. The molecule has 138 valence electrons. The van der Waals surface area contributed by atoms with Crippen molar-refractivity contribution in [3.8, 4) is 5.88 Å². The first-order valence-electron chi connectivity index (χ1n) is 9.05. The highest BCUT2D eigenvalue weighted by Crippen LogP contribution is 2.30. The normalized spacial score (nSPS) is 15.7. The van der Waals surface area contributed by atoms with E-state index >= 15 is 0 Å². The Balaban J connectivity index is 1.41. The Kier molecular flexibility index (Phi) is 3.66. The maximum absolute atomic E-state index is 5.24. The van der Waals surface area contributed by atoms with Crippen LogP contribution in [0.2, 0.25) is 0 Å². The maximum atomic E-state index is 5.24. The Morgan fingerprint density at radius 2 is 1.89 bits per heavy atom. The van der Waals surface area contributed by atoms with E-state index in [1.165, 1.54) is 0 Å². The number of aryl methyl sites for hydroxylation is 1. The summed E-state index contributed by atoms with van der Waals surface area (Å²) in [6.07, 6.45) is 3.74. The third kappa shape index (κ3) is 2.66. The minimum Gasteiger partial charge on any atom is -0.480 e. The summed E-state index contributed by atoms with van der Waals surface area (Å²) in [5, 5.41) is 17.6. The number of anilines is 1. The van der Waals surface area contributed by atoms with Gasteiger partial charge in [0.2, 0.25) is 5.88 Å². The summed E-state index contributed by atoms with van der Waals surface area (Å²) in [4.78, 5) is 6.89. The molecule has 0 unspecified atom stereocenters. The van der Waals surface area contributed by atoms with Gasteiger partial charge in [0.25, 0.3) is 0 Å². The van der Waals surface area contributed by atoms with Crippen molar-refractivity contribution >= 4 is 17.1 Å². The molecule has 0 saturated carbocycles. The Labute approximate surface area is 155 Å². The first kappa shape index (κ1) is 16.0. The lowest BCUT2D eigenvalue weighted by atomic mass is 9.96. The van der Waals surface area contributed by atoms with Crippen LogP contribution in [-0.4, -0.2) is 54.6 Å². The van der Waals surface area contributed by atoms with Crippen molar-refractivity contribution < 1.29 is 4.74 Å². The zero-order valence-corrected chi connectivity index (χ0v) is 15.3. The summed E-state index contributed by atoms with van der Waals surface area (Å²) >= 11 is 0. The Bertz CT molecular complexity index is 1110. The average Bonchev–Trinajstić information content (AvgIpc) is 3.33. The number of fused-ring (bicyclic) bond motifs is 2. The zero-order chi connectivity index (χ0) is 18.4. The van der Waals surface area contributed by atoms with Gasteiger partial charge >= 0.3 is 0 Å². The van der Waals surface area contributed by atoms with Gasteiger partial charge in [0.1, 0.15) is 5.82 Å². The molecule has 0 aromatic carbocycles. The third-order valence-electron chi connectivity index (χ3n) is 5.12. The fourth-order valence-electron chi connectivity index (χ4n) is 3.76. The molecule has 0 aliphatic carbocycles. The van der Waals surface area contributed by atoms with Crippen LogP contribution >= 0.6 is 0 Å². The van der Waals surface area contributed by atoms with Gasteiger partial charge in [-0.2, -0.15) is 14.1 Å². The molecular formula is C18H20N8O. The van der Waals surface area contributed by atoms with Crippen LogP contribution in [0.5, 0.6) is 5.88 Å². The van der Waals surface area contributed by atoms with E-state index in [1.807, 2.05) is 23.6 Å². The van der Waals surface area contributed by atoms with Crippen LogP contribution in [0, 0.1) is 6.92 Å². The number of aromatic nitrogens is 7. The van der Waals surface area contributed by atoms with Gasteiger partial charge in [0.05, 0.1) is 13.3 Å². The van der Waals surface area contributed by atoms with Crippen molar-refractivity contribution in [1.82, 2.24) is 34.4 Å². The SMILES string of the molecule is COc1ccc2nnc(C3CCN(c4cc(C)nc5ccnn45)CC3)n2n1. The number of hydrogen-bond acceptors (Lipinski definition) is 7. The molecule has 4 aromatic rings. The van der Waals surface area contributed by atoms with Crippen LogP contribution in [-0.2, 0) is 0 Å². The van der Waals surface area contributed by atoms with Crippen LogP contribution in [0.3, 0.4) is 0 Å². The van der Waals surface area contributed by atoms with Gasteiger partial charge in [0, 0.05) is 42.9 Å². The number of piperidine rings is 1. The minimum absolute atomic E-state index is 0.312. The second-order valence-corrected chi connectivity index (χ2v) is 6.82. The van der Waals surface area contributed by atoms with Gasteiger partial charge in [-0.25, -0.2) is 4.98 Å². The Morgan fingerprint density at radius 3 is 2.70 bits per heavy atom. The molecule has 9 heteroatoms. The molecule has 0 bridgehead atoms. The van der Waals surface area contributed by atoms with E-state index in [9.17, 15) is 0 Å². The maximum Gasteiger partial charge on any atom is 0.231 e. The fourth-order valence-corrected chi connectivity index (χ4v) is 3.76. The molecular weight excluding hydrogens is 344 g/mol. The van der Waals surface area contributed by atoms with Crippen molar-refractivity contribution in [2.45, 2.75) is 25.7 Å². The van der Waals surface area contributed by atoms with E-state index in [0.717, 1.165) is 54.6 Å². The van der Waals surface area contributed by atoms with E-state index in [1.54, 1.807) is 23.9 Å². The van der Waals surface area contributed by atoms with Crippen LogP contribution in [0.1, 0.15) is 30.3 Å². The van der Waals surface area contributed by atoms with Crippen LogP contribution in [0.4, 0.5) is 5.82 Å². The second kappa shape index (κ2) is 6.19. The number of hydrogen-bond donors (Lipinski definition) is 0. The number of methoxy groups -OCH3 is 1. The lowest BCUT2D eigenvalue weighted by Crippen LogP contribution is -2.35. The van der Waals surface area contributed by atoms with Crippen LogP contribution in [0.25, 0.3) is 11.3 Å². The Morgan fingerprint density at radius 1 is 1.04 bits per heavy atom. The van der Waals surface area contributed by atoms with Crippen molar-refractivity contribution in [3.63, 3.8) is 0 Å². The van der Waals surface area contributed by atoms with Crippen LogP contribution in [0.15, 0.2) is 30.5 Å². The molecule has 0 radical (unpaired) electrons. The second-order valence-electron chi connectivity index (χ2n) is 6.82. The topological polar surface area (TPSA) is 85.7 Å². The van der Waals surface area contributed by atoms with Gasteiger partial charge in [-0.15, -0.1) is 15.3 Å². The standard InChI is InChI=1S/C18H20N8O/c1-12-11-17(25-14(20-12)5-8-19-25)24-9-6-13(7-10-24)18-22-21-15-3-4-16(27-2)23-26(15)18/h3-5,8,11,13H,6-7,9-10H2,1-2H3. The summed E-state index contributed by atoms with van der Waals surface area (Å²) in [5.41, 5.74) is 2.63. The first-order valence-corrected chi connectivity index (χ1v) is 9.05. The van der Waals surface area contributed by atoms with Crippen molar-refractivity contribution in [3.05, 3.63) is 42.0 Å². The largest absolute Gasteiger partial charge is 0.480 e. The Hall–Kier alpha value is -3.23. The van der Waals surface area contributed by atoms with Crippen LogP contribution < -0.4 is 9.64 Å². The highest BCUT2D eigenvalue weighted by atomic mass is 16.5. The van der Waals surface area contributed by atoms with Gasteiger partial charge in [-0.1, -0.05) is 0 Å². The third-order valence-corrected chi connectivity index (χ3v) is 5.12. The molecule has 5 rings (SSSR count). The van der Waals surface area contributed by atoms with Gasteiger partial charge in [-0.3, -0.25) is 0 Å². The molecule has 1 saturated heterocycles. The molecule has 1 fully saturated rings. The summed E-state index contributed by atoms with van der Waals surface area (Å²) < 4.78 is 8.96. The van der Waals surface area contributed by atoms with Gasteiger partial charge in [-0.05, 0) is 25.8 Å². The molecule has 5 heterocycles. The molecule has 4 aromatic heterocycles. The lowest BCUT2D eigenvalue weighted by Gasteiger charge is -2.32. The zero-order valence-electron chi connectivity index (χ0n) is 15.3. The average molecular weight is 364 g/mol. The molecule has 0 N–H and O–H groups in total. The summed E-state index contributed by atoms with van der Waals surface area (Å²) in [6.45, 7) is 3.86. The van der Waals surface area contributed by atoms with Crippen molar-refractivity contribution in [2.75, 3.05) is 25.1 Å². The predicted octanol–water partition coefficient (Wildman–Crippen LogP) is 1.87. The van der Waals surface area contributed by atoms with E-state index in [2.05, 4.69) is 36.3 Å². The summed E-state index contributed by atoms with van der Waals surface area (Å²) in [5.74, 6) is 2.87. The van der Waals surface area contributed by atoms with E-state index < -0.39 is 0 Å². The highest BCUT2D eigenvalue weighted by molar-refractivity contribution is 5.51. The van der Waals surface area contributed by atoms with Gasteiger partial charge in [0.15, 0.2) is 17.1 Å². The van der Waals surface area contributed by atoms with Crippen molar-refractivity contribution in [2.24, 2.45) is 0 Å². The lowest BCUT2D eigenvalue weighted by molar-refractivity contribution is 0.386. The smallest absolute Gasteiger partial charge is 0.231 e. The monoisotopic (exact) mass is 364 g/mol. The van der Waals surface area contributed by atoms with E-state index in [4.69, 9.17) is 4.74 Å². The molecule has 9 nitrogen and oxygen atoms in total. The van der Waals surface area contributed by atoms with E-state index in [0.29, 0.717) is 11.8 Å². The number of nitrogens with zero attached hydrogens (tertiary/aromatic N) is 8.